The third-order valence-electron chi connectivity index (χ3n) is 6.27. The van der Waals surface area contributed by atoms with Crippen molar-refractivity contribution in [1.29, 1.82) is 0 Å². The number of ketones is 1. The number of carbonyl (C=O) groups excluding carboxylic acids is 1. The minimum Gasteiger partial charge on any atom is -0.497 e. The van der Waals surface area contributed by atoms with Gasteiger partial charge in [-0.1, -0.05) is 39.8 Å². The Morgan fingerprint density at radius 1 is 1.17 bits per heavy atom. The first-order valence-corrected chi connectivity index (χ1v) is 13.5. The van der Waals surface area contributed by atoms with Gasteiger partial charge in [0.1, 0.15) is 11.5 Å². The fourth-order valence-electron chi connectivity index (χ4n) is 3.08. The fourth-order valence-corrected chi connectivity index (χ4v) is 4.11. The molecule has 0 amide bonds. The van der Waals surface area contributed by atoms with Crippen molar-refractivity contribution in [2.45, 2.75) is 77.5 Å². The third kappa shape index (κ3) is 6.91. The van der Waals surface area contributed by atoms with Crippen LogP contribution in [0, 0.1) is 5.92 Å². The molecular formula is C23H38O5Si. The Kier molecular flexibility index (Phi) is 8.46. The maximum atomic E-state index is 12.5. The second-order valence-corrected chi connectivity index (χ2v) is 14.3. The third-order valence-corrected chi connectivity index (χ3v) is 10.8. The predicted molar refractivity (Wildman–Crippen MR) is 118 cm³/mol. The molecule has 5 nitrogen and oxygen atoms in total. The van der Waals surface area contributed by atoms with Gasteiger partial charge in [0.2, 0.25) is 0 Å². The molecule has 1 heterocycles. The highest BCUT2D eigenvalue weighted by atomic mass is 28.4. The lowest BCUT2D eigenvalue weighted by Gasteiger charge is -2.39. The van der Waals surface area contributed by atoms with Gasteiger partial charge in [-0.25, -0.2) is 0 Å². The second-order valence-electron chi connectivity index (χ2n) is 9.52. The van der Waals surface area contributed by atoms with E-state index in [0.29, 0.717) is 32.7 Å². The maximum Gasteiger partial charge on any atom is 0.192 e. The van der Waals surface area contributed by atoms with Crippen molar-refractivity contribution in [2.24, 2.45) is 5.92 Å². The van der Waals surface area contributed by atoms with Crippen LogP contribution in [-0.4, -0.2) is 46.6 Å². The lowest BCUT2D eigenvalue weighted by Crippen LogP contribution is -2.47. The van der Waals surface area contributed by atoms with E-state index in [1.54, 1.807) is 7.11 Å². The summed E-state index contributed by atoms with van der Waals surface area (Å²) < 4.78 is 23.5. The molecule has 1 aromatic rings. The van der Waals surface area contributed by atoms with Gasteiger partial charge in [-0.3, -0.25) is 4.79 Å². The molecule has 0 unspecified atom stereocenters. The summed E-state index contributed by atoms with van der Waals surface area (Å²) >= 11 is 0. The first-order valence-electron chi connectivity index (χ1n) is 10.6. The molecule has 0 radical (unpaired) electrons. The van der Waals surface area contributed by atoms with Gasteiger partial charge in [-0.15, -0.1) is 0 Å². The summed E-state index contributed by atoms with van der Waals surface area (Å²) in [5.74, 6) is 1.01. The van der Waals surface area contributed by atoms with Gasteiger partial charge in [0.15, 0.2) is 8.32 Å². The Bertz CT molecular complexity index is 650. The molecule has 0 N–H and O–H groups in total. The number of benzene rings is 1. The summed E-state index contributed by atoms with van der Waals surface area (Å²) in [6, 6.07) is 7.85. The van der Waals surface area contributed by atoms with Crippen molar-refractivity contribution in [1.82, 2.24) is 0 Å². The maximum absolute atomic E-state index is 12.5. The van der Waals surface area contributed by atoms with Crippen molar-refractivity contribution >= 4 is 14.1 Å². The molecule has 0 bridgehead atoms. The van der Waals surface area contributed by atoms with E-state index in [-0.39, 0.29) is 28.9 Å². The largest absolute Gasteiger partial charge is 0.497 e. The minimum atomic E-state index is -1.85. The number of ether oxygens (including phenoxy) is 3. The zero-order valence-corrected chi connectivity index (χ0v) is 20.1. The van der Waals surface area contributed by atoms with Crippen LogP contribution in [0.1, 0.15) is 46.1 Å². The van der Waals surface area contributed by atoms with E-state index in [9.17, 15) is 4.79 Å². The average Bonchev–Trinajstić information content (AvgIpc) is 2.66. The van der Waals surface area contributed by atoms with Gasteiger partial charge in [0.05, 0.1) is 32.5 Å². The Hall–Kier alpha value is -1.21. The summed E-state index contributed by atoms with van der Waals surface area (Å²) in [7, 11) is -0.195. The first kappa shape index (κ1) is 24.1. The number of rotatable bonds is 9. The van der Waals surface area contributed by atoms with Gasteiger partial charge < -0.3 is 18.6 Å². The Balaban J connectivity index is 1.80. The molecule has 0 spiro atoms. The van der Waals surface area contributed by atoms with Crippen LogP contribution in [0.4, 0.5) is 0 Å². The van der Waals surface area contributed by atoms with E-state index >= 15 is 0 Å². The molecule has 0 aliphatic carbocycles. The van der Waals surface area contributed by atoms with Gasteiger partial charge in [0, 0.05) is 18.9 Å². The van der Waals surface area contributed by atoms with Crippen LogP contribution in [0.25, 0.3) is 0 Å². The molecular weight excluding hydrogens is 384 g/mol. The van der Waals surface area contributed by atoms with Gasteiger partial charge in [-0.2, -0.15) is 0 Å². The first-order chi connectivity index (χ1) is 13.5. The highest BCUT2D eigenvalue weighted by Crippen LogP contribution is 2.37. The molecule has 0 saturated carbocycles. The van der Waals surface area contributed by atoms with E-state index < -0.39 is 8.32 Å². The van der Waals surface area contributed by atoms with Crippen LogP contribution >= 0.6 is 0 Å². The van der Waals surface area contributed by atoms with Crippen molar-refractivity contribution in [2.75, 3.05) is 20.3 Å². The monoisotopic (exact) mass is 422 g/mol. The van der Waals surface area contributed by atoms with E-state index in [1.807, 2.05) is 31.2 Å². The van der Waals surface area contributed by atoms with Gasteiger partial charge >= 0.3 is 0 Å². The summed E-state index contributed by atoms with van der Waals surface area (Å²) in [6.07, 6.45) is 0.887. The highest BCUT2D eigenvalue weighted by molar-refractivity contribution is 6.74. The van der Waals surface area contributed by atoms with Crippen LogP contribution in [0.5, 0.6) is 5.75 Å². The van der Waals surface area contributed by atoms with E-state index in [4.69, 9.17) is 18.6 Å². The predicted octanol–water partition coefficient (Wildman–Crippen LogP) is 4.99. The Morgan fingerprint density at radius 2 is 1.83 bits per heavy atom. The van der Waals surface area contributed by atoms with Crippen LogP contribution in [-0.2, 0) is 25.3 Å². The van der Waals surface area contributed by atoms with Gasteiger partial charge in [0.25, 0.3) is 0 Å². The lowest BCUT2D eigenvalue weighted by molar-refractivity contribution is -0.150. The zero-order valence-electron chi connectivity index (χ0n) is 19.1. The SMILES string of the molecule is COc1ccc(COCC[C@@H]2O[C@H](CO[Si](C)(C)C(C)(C)C)CC(=O)[C@H]2C)cc1. The van der Waals surface area contributed by atoms with E-state index in [0.717, 1.165) is 11.3 Å². The topological polar surface area (TPSA) is 54.0 Å². The summed E-state index contributed by atoms with van der Waals surface area (Å²) in [5, 5.41) is 0.146. The van der Waals surface area contributed by atoms with Crippen LogP contribution in [0.3, 0.4) is 0 Å². The standard InChI is InChI=1S/C23H38O5Si/c1-17-21(24)14-20(16-27-29(6,7)23(2,3)4)28-22(17)12-13-26-15-18-8-10-19(25-5)11-9-18/h8-11,17,20,22H,12-16H2,1-7H3/t17-,20+,22+/m1/s1. The second kappa shape index (κ2) is 10.2. The number of carbonyl (C=O) groups is 1. The zero-order chi connectivity index (χ0) is 21.7. The summed E-state index contributed by atoms with van der Waals surface area (Å²) in [4.78, 5) is 12.5. The van der Waals surface area contributed by atoms with E-state index in [2.05, 4.69) is 33.9 Å². The quantitative estimate of drug-likeness (QED) is 0.415. The van der Waals surface area contributed by atoms with Crippen LogP contribution in [0.2, 0.25) is 18.1 Å². The molecule has 164 valence electrons. The molecule has 3 atom stereocenters. The average molecular weight is 423 g/mol. The molecule has 2 rings (SSSR count). The molecule has 29 heavy (non-hydrogen) atoms. The molecule has 1 aliphatic heterocycles. The molecule has 1 fully saturated rings. The minimum absolute atomic E-state index is 0.0938. The lowest BCUT2D eigenvalue weighted by atomic mass is 9.90. The van der Waals surface area contributed by atoms with E-state index in [1.165, 1.54) is 0 Å². The Labute approximate surface area is 177 Å². The van der Waals surface area contributed by atoms with Crippen LogP contribution < -0.4 is 4.74 Å². The molecule has 1 aromatic carbocycles. The fraction of sp³-hybridized carbons (Fsp3) is 0.696. The number of methoxy groups -OCH3 is 1. The number of Topliss-reactive ketones (excluding diaryl/α,β-unsaturated/α-hetero) is 1. The van der Waals surface area contributed by atoms with Crippen LogP contribution in [0.15, 0.2) is 24.3 Å². The smallest absolute Gasteiger partial charge is 0.192 e. The van der Waals surface area contributed by atoms with Crippen molar-refractivity contribution in [3.63, 3.8) is 0 Å². The molecule has 0 aromatic heterocycles. The Morgan fingerprint density at radius 3 is 2.41 bits per heavy atom. The number of hydrogen-bond acceptors (Lipinski definition) is 5. The van der Waals surface area contributed by atoms with Crippen molar-refractivity contribution in [3.8, 4) is 5.75 Å². The van der Waals surface area contributed by atoms with Gasteiger partial charge in [-0.05, 0) is 42.2 Å². The normalized spacial score (nSPS) is 23.3. The number of hydrogen-bond donors (Lipinski definition) is 0. The summed E-state index contributed by atoms with van der Waals surface area (Å²) in [6.45, 7) is 14.7. The van der Waals surface area contributed by atoms with Crippen molar-refractivity contribution in [3.05, 3.63) is 29.8 Å². The molecule has 1 saturated heterocycles. The molecule has 1 aliphatic rings. The van der Waals surface area contributed by atoms with Crippen molar-refractivity contribution < 1.29 is 23.4 Å². The summed E-state index contributed by atoms with van der Waals surface area (Å²) in [5.41, 5.74) is 1.10. The molecule has 6 heteroatoms. The highest BCUT2D eigenvalue weighted by Gasteiger charge is 2.40.